The van der Waals surface area contributed by atoms with Gasteiger partial charge in [0, 0.05) is 20.5 Å². The molecular weight excluding hydrogens is 336 g/mol. The maximum atomic E-state index is 4.33. The molecule has 0 radical (unpaired) electrons. The van der Waals surface area contributed by atoms with Gasteiger partial charge in [-0.1, -0.05) is 24.3 Å². The standard InChI is InChI=1S/C18H10N4S2/c1-3-11-7-9-23-15(11)13(5-1)17-19-21-18(22-20-17)14-6-2-4-12-8-10-24-16(12)14/h1-10H. The summed E-state index contributed by atoms with van der Waals surface area (Å²) in [5.41, 5.74) is 1.95. The normalized spacial score (nSPS) is 11.3. The minimum atomic E-state index is 0.560. The Balaban J connectivity index is 1.63. The lowest BCUT2D eigenvalue weighted by Crippen LogP contribution is -1.99. The molecule has 4 nitrogen and oxygen atoms in total. The van der Waals surface area contributed by atoms with Crippen LogP contribution in [0.25, 0.3) is 42.9 Å². The summed E-state index contributed by atoms with van der Waals surface area (Å²) in [6.07, 6.45) is 0. The molecule has 0 spiro atoms. The number of hydrogen-bond acceptors (Lipinski definition) is 6. The monoisotopic (exact) mass is 346 g/mol. The number of benzene rings is 2. The van der Waals surface area contributed by atoms with E-state index < -0.39 is 0 Å². The van der Waals surface area contributed by atoms with Crippen molar-refractivity contribution in [3.8, 4) is 22.8 Å². The van der Waals surface area contributed by atoms with Gasteiger partial charge in [-0.05, 0) is 45.8 Å². The van der Waals surface area contributed by atoms with E-state index in [-0.39, 0.29) is 0 Å². The third-order valence-electron chi connectivity index (χ3n) is 3.92. The Morgan fingerprint density at radius 2 is 1.00 bits per heavy atom. The fourth-order valence-corrected chi connectivity index (χ4v) is 4.60. The number of aromatic nitrogens is 4. The van der Waals surface area contributed by atoms with Gasteiger partial charge in [0.2, 0.25) is 11.6 Å². The summed E-state index contributed by atoms with van der Waals surface area (Å²) >= 11 is 3.36. The van der Waals surface area contributed by atoms with Crippen LogP contribution in [0, 0.1) is 0 Å². The van der Waals surface area contributed by atoms with Crippen LogP contribution in [0.4, 0.5) is 0 Å². The Kier molecular flexibility index (Phi) is 3.11. The number of hydrogen-bond donors (Lipinski definition) is 0. The van der Waals surface area contributed by atoms with Crippen molar-refractivity contribution < 1.29 is 0 Å². The maximum absolute atomic E-state index is 4.33. The van der Waals surface area contributed by atoms with Crippen molar-refractivity contribution in [1.82, 2.24) is 20.4 Å². The molecule has 0 amide bonds. The van der Waals surface area contributed by atoms with Gasteiger partial charge in [0.25, 0.3) is 0 Å². The summed E-state index contributed by atoms with van der Waals surface area (Å²) in [6.45, 7) is 0. The second-order valence-electron chi connectivity index (χ2n) is 5.34. The van der Waals surface area contributed by atoms with Crippen molar-refractivity contribution >= 4 is 42.8 Å². The molecule has 0 atom stereocenters. The van der Waals surface area contributed by atoms with Crippen LogP contribution >= 0.6 is 22.7 Å². The number of fused-ring (bicyclic) bond motifs is 2. The molecule has 114 valence electrons. The van der Waals surface area contributed by atoms with Gasteiger partial charge in [0.05, 0.1) is 0 Å². The fraction of sp³-hybridized carbons (Fsp3) is 0. The van der Waals surface area contributed by atoms with Crippen LogP contribution in [0.2, 0.25) is 0 Å². The molecule has 0 saturated heterocycles. The van der Waals surface area contributed by atoms with Gasteiger partial charge >= 0.3 is 0 Å². The first-order valence-corrected chi connectivity index (χ1v) is 9.17. The van der Waals surface area contributed by atoms with Crippen LogP contribution < -0.4 is 0 Å². The molecule has 0 aliphatic carbocycles. The van der Waals surface area contributed by atoms with E-state index in [2.05, 4.69) is 55.4 Å². The van der Waals surface area contributed by atoms with Crippen molar-refractivity contribution in [2.24, 2.45) is 0 Å². The van der Waals surface area contributed by atoms with Gasteiger partial charge in [-0.25, -0.2) is 0 Å². The molecule has 0 N–H and O–H groups in total. The lowest BCUT2D eigenvalue weighted by molar-refractivity contribution is 0.879. The third kappa shape index (κ3) is 2.11. The highest BCUT2D eigenvalue weighted by Crippen LogP contribution is 2.32. The Morgan fingerprint density at radius 1 is 0.542 bits per heavy atom. The van der Waals surface area contributed by atoms with E-state index >= 15 is 0 Å². The molecule has 0 saturated carbocycles. The number of nitrogens with zero attached hydrogens (tertiary/aromatic N) is 4. The molecule has 0 fully saturated rings. The molecular formula is C18H10N4S2. The van der Waals surface area contributed by atoms with E-state index in [1.165, 1.54) is 10.8 Å². The lowest BCUT2D eigenvalue weighted by Gasteiger charge is -2.03. The fourth-order valence-electron chi connectivity index (χ4n) is 2.78. The predicted octanol–water partition coefficient (Wildman–Crippen LogP) is 5.03. The van der Waals surface area contributed by atoms with Gasteiger partial charge in [-0.2, -0.15) is 0 Å². The number of thiophene rings is 2. The van der Waals surface area contributed by atoms with Crippen LogP contribution in [0.5, 0.6) is 0 Å². The van der Waals surface area contributed by atoms with Crippen molar-refractivity contribution in [2.45, 2.75) is 0 Å². The molecule has 3 heterocycles. The zero-order valence-corrected chi connectivity index (χ0v) is 14.0. The average Bonchev–Trinajstić information content (AvgIpc) is 3.30. The zero-order valence-electron chi connectivity index (χ0n) is 12.4. The molecule has 24 heavy (non-hydrogen) atoms. The molecule has 0 unspecified atom stereocenters. The summed E-state index contributed by atoms with van der Waals surface area (Å²) in [6, 6.07) is 16.4. The van der Waals surface area contributed by atoms with Gasteiger partial charge in [-0.3, -0.25) is 0 Å². The molecule has 3 aromatic heterocycles. The Bertz CT molecular complexity index is 1070. The highest BCUT2D eigenvalue weighted by molar-refractivity contribution is 7.18. The van der Waals surface area contributed by atoms with E-state index in [4.69, 9.17) is 0 Å². The van der Waals surface area contributed by atoms with E-state index in [1.54, 1.807) is 22.7 Å². The molecule has 0 aliphatic rings. The largest absolute Gasteiger partial charge is 0.205 e. The van der Waals surface area contributed by atoms with Gasteiger partial charge in [0.1, 0.15) is 0 Å². The number of rotatable bonds is 2. The summed E-state index contributed by atoms with van der Waals surface area (Å²) in [5.74, 6) is 1.12. The first-order valence-electron chi connectivity index (χ1n) is 7.41. The topological polar surface area (TPSA) is 51.6 Å². The van der Waals surface area contributed by atoms with Crippen molar-refractivity contribution in [2.75, 3.05) is 0 Å². The summed E-state index contributed by atoms with van der Waals surface area (Å²) < 4.78 is 2.32. The van der Waals surface area contributed by atoms with E-state index in [9.17, 15) is 0 Å². The van der Waals surface area contributed by atoms with Gasteiger partial charge in [-0.15, -0.1) is 43.1 Å². The first-order chi connectivity index (χ1) is 11.9. The average molecular weight is 346 g/mol. The second-order valence-corrected chi connectivity index (χ2v) is 7.17. The van der Waals surface area contributed by atoms with Crippen LogP contribution in [0.1, 0.15) is 0 Å². The van der Waals surface area contributed by atoms with E-state index in [0.717, 1.165) is 20.5 Å². The van der Waals surface area contributed by atoms with Crippen LogP contribution in [-0.2, 0) is 0 Å². The molecule has 5 aromatic rings. The minimum Gasteiger partial charge on any atom is -0.143 e. The van der Waals surface area contributed by atoms with Gasteiger partial charge in [0.15, 0.2) is 0 Å². The highest BCUT2D eigenvalue weighted by atomic mass is 32.1. The third-order valence-corrected chi connectivity index (χ3v) is 5.85. The Labute approximate surface area is 145 Å². The second kappa shape index (κ2) is 5.43. The molecule has 6 heteroatoms. The summed E-state index contributed by atoms with van der Waals surface area (Å²) in [5, 5.41) is 23.9. The molecule has 5 rings (SSSR count). The summed E-state index contributed by atoms with van der Waals surface area (Å²) in [7, 11) is 0. The maximum Gasteiger partial charge on any atom is 0.205 e. The van der Waals surface area contributed by atoms with Crippen molar-refractivity contribution in [3.63, 3.8) is 0 Å². The van der Waals surface area contributed by atoms with Crippen LogP contribution in [0.15, 0.2) is 59.3 Å². The smallest absolute Gasteiger partial charge is 0.143 e. The Hall–Kier alpha value is -2.70. The molecule has 0 aliphatic heterocycles. The summed E-state index contributed by atoms with van der Waals surface area (Å²) in [4.78, 5) is 0. The van der Waals surface area contributed by atoms with Crippen LogP contribution in [-0.4, -0.2) is 20.4 Å². The van der Waals surface area contributed by atoms with Crippen molar-refractivity contribution in [1.29, 1.82) is 0 Å². The zero-order chi connectivity index (χ0) is 15.9. The SMILES string of the molecule is c1cc(-c2nnc(-c3cccc4ccsc34)nn2)c2sccc2c1. The van der Waals surface area contributed by atoms with Crippen LogP contribution in [0.3, 0.4) is 0 Å². The predicted molar refractivity (Wildman–Crippen MR) is 99.3 cm³/mol. The lowest BCUT2D eigenvalue weighted by atomic mass is 10.1. The Morgan fingerprint density at radius 3 is 1.46 bits per heavy atom. The molecule has 0 bridgehead atoms. The van der Waals surface area contributed by atoms with E-state index in [1.807, 2.05) is 24.3 Å². The van der Waals surface area contributed by atoms with Gasteiger partial charge < -0.3 is 0 Å². The highest BCUT2D eigenvalue weighted by Gasteiger charge is 2.12. The quantitative estimate of drug-likeness (QED) is 0.450. The van der Waals surface area contributed by atoms with E-state index in [0.29, 0.717) is 11.6 Å². The first kappa shape index (κ1) is 13.7. The van der Waals surface area contributed by atoms with Crippen molar-refractivity contribution in [3.05, 3.63) is 59.3 Å². The molecule has 2 aromatic carbocycles. The minimum absolute atomic E-state index is 0.560.